The van der Waals surface area contributed by atoms with Gasteiger partial charge < -0.3 is 4.74 Å². The molecule has 0 amide bonds. The molecule has 0 aromatic heterocycles. The zero-order valence-corrected chi connectivity index (χ0v) is 16.3. The van der Waals surface area contributed by atoms with Gasteiger partial charge in [-0.2, -0.15) is 0 Å². The van der Waals surface area contributed by atoms with Gasteiger partial charge in [0.05, 0.1) is 0 Å². The molecule has 1 aliphatic rings. The normalized spacial score (nSPS) is 15.3. The van der Waals surface area contributed by atoms with Crippen LogP contribution >= 0.6 is 11.6 Å². The highest BCUT2D eigenvalue weighted by Crippen LogP contribution is 2.44. The molecule has 0 radical (unpaired) electrons. The molecular weight excluding hydrogens is 371 g/mol. The SMILES string of the molecule is FC(=CC(c1ccc(Cl)cc1)C1CC1)Cc1cccc(Oc2ccccc2)c1. The van der Waals surface area contributed by atoms with E-state index in [1.165, 1.54) is 0 Å². The van der Waals surface area contributed by atoms with Gasteiger partial charge in [-0.15, -0.1) is 0 Å². The second-order valence-electron chi connectivity index (χ2n) is 7.27. The molecule has 0 spiro atoms. The summed E-state index contributed by atoms with van der Waals surface area (Å²) in [5.41, 5.74) is 2.02. The number of allylic oxidation sites excluding steroid dienone is 2. The molecule has 1 aliphatic carbocycles. The van der Waals surface area contributed by atoms with Crippen LogP contribution < -0.4 is 4.74 Å². The Hall–Kier alpha value is -2.58. The van der Waals surface area contributed by atoms with Crippen LogP contribution in [-0.2, 0) is 6.42 Å². The van der Waals surface area contributed by atoms with Crippen molar-refractivity contribution < 1.29 is 9.13 Å². The number of hydrogen-bond acceptors (Lipinski definition) is 1. The van der Waals surface area contributed by atoms with Gasteiger partial charge in [-0.3, -0.25) is 0 Å². The lowest BCUT2D eigenvalue weighted by Crippen LogP contribution is -1.99. The average Bonchev–Trinajstić information content (AvgIpc) is 3.53. The maximum atomic E-state index is 14.8. The van der Waals surface area contributed by atoms with E-state index in [-0.39, 0.29) is 18.2 Å². The van der Waals surface area contributed by atoms with Gasteiger partial charge in [0.1, 0.15) is 17.3 Å². The van der Waals surface area contributed by atoms with Gasteiger partial charge >= 0.3 is 0 Å². The van der Waals surface area contributed by atoms with Gasteiger partial charge in [-0.25, -0.2) is 4.39 Å². The minimum absolute atomic E-state index is 0.108. The van der Waals surface area contributed by atoms with E-state index in [4.69, 9.17) is 16.3 Å². The summed E-state index contributed by atoms with van der Waals surface area (Å²) in [4.78, 5) is 0. The van der Waals surface area contributed by atoms with Crippen molar-refractivity contribution in [2.75, 3.05) is 0 Å². The molecule has 0 N–H and O–H groups in total. The van der Waals surface area contributed by atoms with Crippen molar-refractivity contribution in [3.63, 3.8) is 0 Å². The Morgan fingerprint density at radius 1 is 0.964 bits per heavy atom. The standard InChI is InChI=1S/C25H22ClFO/c26-21-13-11-20(12-14-21)25(19-9-10-19)17-22(27)15-18-5-4-8-24(16-18)28-23-6-2-1-3-7-23/h1-8,11-14,16-17,19,25H,9-10,15H2. The van der Waals surface area contributed by atoms with Crippen LogP contribution in [0.2, 0.25) is 5.02 Å². The van der Waals surface area contributed by atoms with Crippen LogP contribution in [-0.4, -0.2) is 0 Å². The summed E-state index contributed by atoms with van der Waals surface area (Å²) in [7, 11) is 0. The highest BCUT2D eigenvalue weighted by Gasteiger charge is 2.31. The average molecular weight is 393 g/mol. The quantitative estimate of drug-likeness (QED) is 0.399. The van der Waals surface area contributed by atoms with Gasteiger partial charge in [-0.05, 0) is 72.4 Å². The number of benzene rings is 3. The van der Waals surface area contributed by atoms with Gasteiger partial charge in [0.2, 0.25) is 0 Å². The Morgan fingerprint density at radius 2 is 1.68 bits per heavy atom. The molecule has 1 atom stereocenters. The maximum Gasteiger partial charge on any atom is 0.127 e. The van der Waals surface area contributed by atoms with E-state index in [0.717, 1.165) is 29.7 Å². The van der Waals surface area contributed by atoms with Crippen molar-refractivity contribution in [2.45, 2.75) is 25.2 Å². The maximum absolute atomic E-state index is 14.8. The molecule has 3 aromatic carbocycles. The van der Waals surface area contributed by atoms with Crippen LogP contribution in [0.4, 0.5) is 4.39 Å². The fourth-order valence-corrected chi connectivity index (χ4v) is 3.56. The van der Waals surface area contributed by atoms with Crippen molar-refractivity contribution in [3.05, 3.63) is 107 Å². The van der Waals surface area contributed by atoms with Crippen molar-refractivity contribution in [1.82, 2.24) is 0 Å². The van der Waals surface area contributed by atoms with E-state index < -0.39 is 0 Å². The molecule has 0 bridgehead atoms. The minimum atomic E-state index is -0.108. The third-order valence-electron chi connectivity index (χ3n) is 5.00. The molecule has 4 rings (SSSR count). The molecule has 0 heterocycles. The summed E-state index contributed by atoms with van der Waals surface area (Å²) in [5.74, 6) is 2.02. The third-order valence-corrected chi connectivity index (χ3v) is 5.25. The van der Waals surface area contributed by atoms with E-state index >= 15 is 0 Å². The predicted octanol–water partition coefficient (Wildman–Crippen LogP) is 7.72. The van der Waals surface area contributed by atoms with Crippen LogP contribution in [0.25, 0.3) is 0 Å². The summed E-state index contributed by atoms with van der Waals surface area (Å²) in [5, 5.41) is 0.706. The van der Waals surface area contributed by atoms with E-state index in [2.05, 4.69) is 0 Å². The van der Waals surface area contributed by atoms with Gasteiger partial charge in [-0.1, -0.05) is 54.1 Å². The lowest BCUT2D eigenvalue weighted by Gasteiger charge is -2.13. The summed E-state index contributed by atoms with van der Waals surface area (Å²) in [6.45, 7) is 0. The fraction of sp³-hybridized carbons (Fsp3) is 0.200. The number of ether oxygens (including phenoxy) is 1. The molecule has 3 heteroatoms. The lowest BCUT2D eigenvalue weighted by molar-refractivity contribution is 0.481. The fourth-order valence-electron chi connectivity index (χ4n) is 3.44. The monoisotopic (exact) mass is 392 g/mol. The van der Waals surface area contributed by atoms with Crippen molar-refractivity contribution in [3.8, 4) is 11.5 Å². The lowest BCUT2D eigenvalue weighted by atomic mass is 9.93. The summed E-state index contributed by atoms with van der Waals surface area (Å²) in [6, 6.07) is 25.0. The highest BCUT2D eigenvalue weighted by atomic mass is 35.5. The molecule has 142 valence electrons. The van der Waals surface area contributed by atoms with Crippen LogP contribution in [0, 0.1) is 5.92 Å². The van der Waals surface area contributed by atoms with E-state index in [9.17, 15) is 4.39 Å². The Kier molecular flexibility index (Phi) is 5.78. The number of halogens is 2. The zero-order valence-electron chi connectivity index (χ0n) is 15.5. The third kappa shape index (κ3) is 5.02. The predicted molar refractivity (Wildman–Crippen MR) is 113 cm³/mol. The second-order valence-corrected chi connectivity index (χ2v) is 7.70. The molecule has 28 heavy (non-hydrogen) atoms. The first-order valence-corrected chi connectivity index (χ1v) is 9.99. The van der Waals surface area contributed by atoms with Crippen molar-refractivity contribution >= 4 is 11.6 Å². The number of rotatable bonds is 7. The van der Waals surface area contributed by atoms with Gasteiger partial charge in [0, 0.05) is 17.4 Å². The smallest absolute Gasteiger partial charge is 0.127 e. The topological polar surface area (TPSA) is 9.23 Å². The molecule has 1 saturated carbocycles. The molecule has 3 aromatic rings. The molecular formula is C25H22ClFO. The molecule has 0 aliphatic heterocycles. The summed E-state index contributed by atoms with van der Waals surface area (Å²) >= 11 is 6.00. The Morgan fingerprint density at radius 3 is 2.39 bits per heavy atom. The molecule has 1 fully saturated rings. The largest absolute Gasteiger partial charge is 0.457 e. The number of para-hydroxylation sites is 1. The minimum Gasteiger partial charge on any atom is -0.457 e. The van der Waals surface area contributed by atoms with Crippen LogP contribution in [0.15, 0.2) is 90.8 Å². The number of hydrogen-bond donors (Lipinski definition) is 0. The first-order valence-electron chi connectivity index (χ1n) is 9.61. The first-order chi connectivity index (χ1) is 13.7. The van der Waals surface area contributed by atoms with Gasteiger partial charge in [0.25, 0.3) is 0 Å². The summed E-state index contributed by atoms with van der Waals surface area (Å²) < 4.78 is 20.7. The first kappa shape index (κ1) is 18.8. The van der Waals surface area contributed by atoms with E-state index in [1.807, 2.05) is 78.9 Å². The molecule has 1 unspecified atom stereocenters. The van der Waals surface area contributed by atoms with Gasteiger partial charge in [0.15, 0.2) is 0 Å². The van der Waals surface area contributed by atoms with Crippen molar-refractivity contribution in [2.24, 2.45) is 5.92 Å². The highest BCUT2D eigenvalue weighted by molar-refractivity contribution is 6.30. The van der Waals surface area contributed by atoms with Crippen molar-refractivity contribution in [1.29, 1.82) is 0 Å². The Balaban J connectivity index is 1.48. The van der Waals surface area contributed by atoms with Crippen LogP contribution in [0.3, 0.4) is 0 Å². The second kappa shape index (κ2) is 8.62. The summed E-state index contributed by atoms with van der Waals surface area (Å²) in [6.07, 6.45) is 4.35. The van der Waals surface area contributed by atoms with E-state index in [1.54, 1.807) is 6.08 Å². The molecule has 0 saturated heterocycles. The Bertz CT molecular complexity index is 946. The Labute approximate surface area is 170 Å². The van der Waals surface area contributed by atoms with Crippen LogP contribution in [0.5, 0.6) is 11.5 Å². The van der Waals surface area contributed by atoms with E-state index in [0.29, 0.717) is 16.7 Å². The zero-order chi connectivity index (χ0) is 19.3. The van der Waals surface area contributed by atoms with Crippen LogP contribution in [0.1, 0.15) is 29.9 Å². The molecule has 1 nitrogen and oxygen atoms in total.